The minimum atomic E-state index is -3.49. The summed E-state index contributed by atoms with van der Waals surface area (Å²) in [6.45, 7) is 4.52. The lowest BCUT2D eigenvalue weighted by Crippen LogP contribution is -2.50. The van der Waals surface area contributed by atoms with Gasteiger partial charge in [-0.2, -0.15) is 0 Å². The van der Waals surface area contributed by atoms with Crippen LogP contribution in [-0.2, 0) is 23.2 Å². The number of aryl methyl sites for hydroxylation is 1. The molecule has 2 N–H and O–H groups in total. The first-order valence-corrected chi connectivity index (χ1v) is 8.22. The molecule has 0 spiro atoms. The number of rotatable bonds is 6. The maximum atomic E-state index is 12.3. The summed E-state index contributed by atoms with van der Waals surface area (Å²) < 4.78 is 29.2. The van der Waals surface area contributed by atoms with Gasteiger partial charge in [-0.15, -0.1) is 0 Å². The molecule has 0 saturated heterocycles. The Hall–Kier alpha value is -0.850. The van der Waals surface area contributed by atoms with Crippen molar-refractivity contribution in [1.82, 2.24) is 9.29 Å². The zero-order valence-corrected chi connectivity index (χ0v) is 12.3. The zero-order valence-electron chi connectivity index (χ0n) is 11.5. The Balaban J connectivity index is 2.24. The molecule has 0 radical (unpaired) electrons. The molecule has 1 aromatic rings. The predicted octanol–water partition coefficient (Wildman–Crippen LogP) is 1.61. The van der Waals surface area contributed by atoms with Gasteiger partial charge >= 0.3 is 0 Å². The van der Waals surface area contributed by atoms with Crippen molar-refractivity contribution < 1.29 is 13.5 Å². The smallest absolute Gasteiger partial charge is 0.242 e. The lowest BCUT2D eigenvalue weighted by molar-refractivity contribution is 0.248. The normalized spacial score (nSPS) is 18.3. The zero-order chi connectivity index (χ0) is 14.1. The summed E-state index contributed by atoms with van der Waals surface area (Å²) in [5.41, 5.74) is 0.339. The van der Waals surface area contributed by atoms with Crippen molar-refractivity contribution in [2.45, 2.75) is 63.1 Å². The van der Waals surface area contributed by atoms with E-state index in [4.69, 9.17) is 0 Å². The molecule has 6 heteroatoms. The van der Waals surface area contributed by atoms with Crippen molar-refractivity contribution in [3.8, 4) is 0 Å². The highest BCUT2D eigenvalue weighted by Gasteiger charge is 2.36. The van der Waals surface area contributed by atoms with Crippen molar-refractivity contribution in [1.29, 1.82) is 0 Å². The van der Waals surface area contributed by atoms with E-state index < -0.39 is 10.0 Å². The predicted molar refractivity (Wildman–Crippen MR) is 73.2 cm³/mol. The van der Waals surface area contributed by atoms with Gasteiger partial charge in [0.2, 0.25) is 10.0 Å². The van der Waals surface area contributed by atoms with Crippen LogP contribution in [0.4, 0.5) is 0 Å². The molecule has 2 rings (SSSR count). The van der Waals surface area contributed by atoms with Gasteiger partial charge in [0.15, 0.2) is 0 Å². The van der Waals surface area contributed by atoms with Crippen molar-refractivity contribution in [3.05, 3.63) is 18.0 Å². The van der Waals surface area contributed by atoms with E-state index in [1.165, 1.54) is 0 Å². The van der Waals surface area contributed by atoms with E-state index in [2.05, 4.69) is 4.72 Å². The lowest BCUT2D eigenvalue weighted by Gasteiger charge is -2.38. The van der Waals surface area contributed by atoms with Crippen LogP contribution in [0.15, 0.2) is 17.2 Å². The van der Waals surface area contributed by atoms with Crippen molar-refractivity contribution >= 4 is 10.0 Å². The lowest BCUT2D eigenvalue weighted by atomic mass is 9.80. The Bertz CT molecular complexity index is 544. The highest BCUT2D eigenvalue weighted by molar-refractivity contribution is 7.89. The van der Waals surface area contributed by atoms with Gasteiger partial charge in [-0.05, 0) is 38.7 Å². The fourth-order valence-electron chi connectivity index (χ4n) is 2.45. The first kappa shape index (κ1) is 14.6. The van der Waals surface area contributed by atoms with Crippen LogP contribution in [0.2, 0.25) is 0 Å². The summed E-state index contributed by atoms with van der Waals surface area (Å²) in [4.78, 5) is 0.248. The van der Waals surface area contributed by atoms with E-state index >= 15 is 0 Å². The SMILES string of the molecule is CCCn1cc(S(=O)(=O)NC2(C)CCC2)cc1CO. The average molecular weight is 286 g/mol. The van der Waals surface area contributed by atoms with Crippen LogP contribution in [-0.4, -0.2) is 23.6 Å². The number of aromatic nitrogens is 1. The first-order valence-electron chi connectivity index (χ1n) is 6.74. The highest BCUT2D eigenvalue weighted by atomic mass is 32.2. The molecular formula is C13H22N2O3S. The third-order valence-corrected chi connectivity index (χ3v) is 5.34. The Morgan fingerprint density at radius 1 is 1.47 bits per heavy atom. The maximum Gasteiger partial charge on any atom is 0.242 e. The number of sulfonamides is 1. The van der Waals surface area contributed by atoms with E-state index in [-0.39, 0.29) is 17.0 Å². The monoisotopic (exact) mass is 286 g/mol. The number of hydrogen-bond acceptors (Lipinski definition) is 3. The van der Waals surface area contributed by atoms with Gasteiger partial charge in [0, 0.05) is 24.0 Å². The third kappa shape index (κ3) is 3.01. The van der Waals surface area contributed by atoms with Gasteiger partial charge in [-0.1, -0.05) is 6.92 Å². The second-order valence-corrected chi connectivity index (χ2v) is 7.22. The minimum absolute atomic E-state index is 0.146. The summed E-state index contributed by atoms with van der Waals surface area (Å²) in [5, 5.41) is 9.28. The topological polar surface area (TPSA) is 71.3 Å². The molecule has 1 aromatic heterocycles. The summed E-state index contributed by atoms with van der Waals surface area (Å²) in [7, 11) is -3.49. The quantitative estimate of drug-likeness (QED) is 0.834. The van der Waals surface area contributed by atoms with Crippen molar-refractivity contribution in [2.24, 2.45) is 0 Å². The molecule has 1 aliphatic carbocycles. The van der Waals surface area contributed by atoms with Gasteiger partial charge < -0.3 is 9.67 Å². The average Bonchev–Trinajstić information content (AvgIpc) is 2.71. The molecule has 0 aromatic carbocycles. The second kappa shape index (κ2) is 5.26. The van der Waals surface area contributed by atoms with E-state index in [1.807, 2.05) is 13.8 Å². The van der Waals surface area contributed by atoms with Gasteiger partial charge in [0.05, 0.1) is 11.5 Å². The fourth-order valence-corrected chi connectivity index (χ4v) is 3.97. The molecule has 1 saturated carbocycles. The fraction of sp³-hybridized carbons (Fsp3) is 0.692. The van der Waals surface area contributed by atoms with E-state index in [0.29, 0.717) is 12.2 Å². The number of aliphatic hydroxyl groups is 1. The second-order valence-electron chi connectivity index (χ2n) is 5.54. The largest absolute Gasteiger partial charge is 0.390 e. The van der Waals surface area contributed by atoms with Crippen LogP contribution in [0.1, 0.15) is 45.2 Å². The van der Waals surface area contributed by atoms with Gasteiger partial charge in [-0.25, -0.2) is 13.1 Å². The standard InChI is InChI=1S/C13H22N2O3S/c1-3-7-15-9-12(8-11(15)10-16)19(17,18)14-13(2)5-4-6-13/h8-9,14,16H,3-7,10H2,1-2H3. The van der Waals surface area contributed by atoms with Crippen LogP contribution in [0, 0.1) is 0 Å². The summed E-state index contributed by atoms with van der Waals surface area (Å²) in [6.07, 6.45) is 5.34. The molecule has 108 valence electrons. The summed E-state index contributed by atoms with van der Waals surface area (Å²) in [5.74, 6) is 0. The summed E-state index contributed by atoms with van der Waals surface area (Å²) in [6, 6.07) is 1.56. The van der Waals surface area contributed by atoms with Crippen LogP contribution in [0.25, 0.3) is 0 Å². The molecule has 19 heavy (non-hydrogen) atoms. The molecule has 0 bridgehead atoms. The highest BCUT2D eigenvalue weighted by Crippen LogP contribution is 2.32. The Labute approximate surface area is 114 Å². The van der Waals surface area contributed by atoms with Gasteiger partial charge in [0.25, 0.3) is 0 Å². The van der Waals surface area contributed by atoms with Gasteiger partial charge in [-0.3, -0.25) is 0 Å². The van der Waals surface area contributed by atoms with Crippen molar-refractivity contribution in [2.75, 3.05) is 0 Å². The maximum absolute atomic E-state index is 12.3. The number of nitrogens with zero attached hydrogens (tertiary/aromatic N) is 1. The molecule has 1 fully saturated rings. The van der Waals surface area contributed by atoms with E-state index in [9.17, 15) is 13.5 Å². The Kier molecular flexibility index (Phi) is 4.03. The molecular weight excluding hydrogens is 264 g/mol. The number of nitrogens with one attached hydrogen (secondary N) is 1. The molecule has 0 amide bonds. The minimum Gasteiger partial charge on any atom is -0.390 e. The van der Waals surface area contributed by atoms with E-state index in [1.54, 1.807) is 16.8 Å². The molecule has 0 aliphatic heterocycles. The molecule has 1 heterocycles. The Morgan fingerprint density at radius 3 is 2.63 bits per heavy atom. The molecule has 0 unspecified atom stereocenters. The Morgan fingerprint density at radius 2 is 2.16 bits per heavy atom. The third-order valence-electron chi connectivity index (χ3n) is 3.74. The first-order chi connectivity index (χ1) is 8.90. The van der Waals surface area contributed by atoms with Crippen LogP contribution < -0.4 is 4.72 Å². The van der Waals surface area contributed by atoms with Gasteiger partial charge in [0.1, 0.15) is 0 Å². The number of hydrogen-bond donors (Lipinski definition) is 2. The summed E-state index contributed by atoms with van der Waals surface area (Å²) >= 11 is 0. The van der Waals surface area contributed by atoms with E-state index in [0.717, 1.165) is 25.7 Å². The van der Waals surface area contributed by atoms with Crippen LogP contribution in [0.3, 0.4) is 0 Å². The van der Waals surface area contributed by atoms with Crippen LogP contribution in [0.5, 0.6) is 0 Å². The molecule has 1 aliphatic rings. The molecule has 0 atom stereocenters. The van der Waals surface area contributed by atoms with Crippen molar-refractivity contribution in [3.63, 3.8) is 0 Å². The molecule has 5 nitrogen and oxygen atoms in total. The number of aliphatic hydroxyl groups excluding tert-OH is 1. The van der Waals surface area contributed by atoms with Crippen LogP contribution >= 0.6 is 0 Å².